The van der Waals surface area contributed by atoms with Crippen LogP contribution >= 0.6 is 0 Å². The Morgan fingerprint density at radius 2 is 1.80 bits per heavy atom. The summed E-state index contributed by atoms with van der Waals surface area (Å²) < 4.78 is 5.55. The normalized spacial score (nSPS) is 10.9. The van der Waals surface area contributed by atoms with Crippen molar-refractivity contribution < 1.29 is 4.74 Å². The largest absolute Gasteiger partial charge is 0.473 e. The lowest BCUT2D eigenvalue weighted by Gasteiger charge is -2.10. The van der Waals surface area contributed by atoms with Gasteiger partial charge in [0, 0.05) is 10.8 Å². The second-order valence-electron chi connectivity index (χ2n) is 3.60. The molecule has 0 saturated carbocycles. The number of rotatable bonds is 2. The lowest BCUT2D eigenvalue weighted by atomic mass is 10.2. The highest BCUT2D eigenvalue weighted by atomic mass is 16.5. The van der Waals surface area contributed by atoms with Crippen molar-refractivity contribution in [1.82, 2.24) is 10.2 Å². The molecule has 2 N–H and O–H groups in total. The number of aromatic nitrogens is 2. The fourth-order valence-corrected chi connectivity index (χ4v) is 1.41. The summed E-state index contributed by atoms with van der Waals surface area (Å²) in [7, 11) is 0. The highest BCUT2D eigenvalue weighted by Gasteiger charge is 2.08. The number of nitrogens with zero attached hydrogens (tertiary/aromatic N) is 2. The smallest absolute Gasteiger partial charge is 0.241 e. The third-order valence-electron chi connectivity index (χ3n) is 2.03. The van der Waals surface area contributed by atoms with Gasteiger partial charge >= 0.3 is 0 Å². The predicted octanol–water partition coefficient (Wildman–Crippen LogP) is 2.00. The van der Waals surface area contributed by atoms with Crippen molar-refractivity contribution in [2.24, 2.45) is 0 Å². The van der Waals surface area contributed by atoms with Crippen molar-refractivity contribution >= 4 is 16.6 Å². The van der Waals surface area contributed by atoms with Gasteiger partial charge < -0.3 is 10.5 Å². The van der Waals surface area contributed by atoms with Crippen molar-refractivity contribution in [3.63, 3.8) is 0 Å². The quantitative estimate of drug-likeness (QED) is 0.810. The summed E-state index contributed by atoms with van der Waals surface area (Å²) in [5, 5.41) is 9.59. The number of anilines is 1. The van der Waals surface area contributed by atoms with Crippen LogP contribution in [0.15, 0.2) is 24.3 Å². The monoisotopic (exact) mass is 203 g/mol. The fourth-order valence-electron chi connectivity index (χ4n) is 1.41. The fraction of sp³-hybridized carbons (Fsp3) is 0.273. The predicted molar refractivity (Wildman–Crippen MR) is 59.7 cm³/mol. The first-order valence-corrected chi connectivity index (χ1v) is 4.86. The van der Waals surface area contributed by atoms with Gasteiger partial charge in [-0.05, 0) is 19.9 Å². The summed E-state index contributed by atoms with van der Waals surface area (Å²) in [6.07, 6.45) is 0.0753. The molecule has 0 fully saturated rings. The molecule has 0 unspecified atom stereocenters. The zero-order chi connectivity index (χ0) is 10.8. The van der Waals surface area contributed by atoms with Gasteiger partial charge in [-0.25, -0.2) is 0 Å². The van der Waals surface area contributed by atoms with E-state index in [1.54, 1.807) is 0 Å². The molecule has 1 aromatic carbocycles. The molecule has 2 rings (SSSR count). The van der Waals surface area contributed by atoms with Crippen LogP contribution in [0.5, 0.6) is 5.88 Å². The summed E-state index contributed by atoms with van der Waals surface area (Å²) in [6, 6.07) is 7.68. The Balaban J connectivity index is 2.61. The van der Waals surface area contributed by atoms with Crippen molar-refractivity contribution in [1.29, 1.82) is 0 Å². The number of hydrogen-bond donors (Lipinski definition) is 1. The van der Waals surface area contributed by atoms with E-state index in [9.17, 15) is 0 Å². The van der Waals surface area contributed by atoms with Crippen LogP contribution in [-0.2, 0) is 0 Å². The van der Waals surface area contributed by atoms with Gasteiger partial charge in [0.15, 0.2) is 5.82 Å². The van der Waals surface area contributed by atoms with E-state index < -0.39 is 0 Å². The van der Waals surface area contributed by atoms with E-state index >= 15 is 0 Å². The number of nitrogen functional groups attached to an aromatic ring is 1. The average molecular weight is 203 g/mol. The first-order valence-electron chi connectivity index (χ1n) is 4.86. The molecule has 4 nitrogen and oxygen atoms in total. The van der Waals surface area contributed by atoms with Crippen molar-refractivity contribution in [2.45, 2.75) is 20.0 Å². The molecule has 0 amide bonds. The molecule has 4 heteroatoms. The molecule has 0 spiro atoms. The number of nitrogens with two attached hydrogens (primary N) is 1. The minimum atomic E-state index is 0.0753. The first-order chi connectivity index (χ1) is 7.18. The molecule has 2 aromatic rings. The van der Waals surface area contributed by atoms with Gasteiger partial charge in [0.25, 0.3) is 0 Å². The maximum absolute atomic E-state index is 5.73. The van der Waals surface area contributed by atoms with Gasteiger partial charge in [-0.15, -0.1) is 10.2 Å². The summed E-state index contributed by atoms with van der Waals surface area (Å²) in [6.45, 7) is 3.90. The lowest BCUT2D eigenvalue weighted by molar-refractivity contribution is 0.233. The van der Waals surface area contributed by atoms with E-state index in [0.717, 1.165) is 10.8 Å². The SMILES string of the molecule is CC(C)Oc1nnc(N)c2ccccc12. The van der Waals surface area contributed by atoms with Gasteiger partial charge in [0.05, 0.1) is 6.10 Å². The van der Waals surface area contributed by atoms with Gasteiger partial charge in [0.2, 0.25) is 5.88 Å². The van der Waals surface area contributed by atoms with Crippen LogP contribution in [0.1, 0.15) is 13.8 Å². The molecule has 78 valence electrons. The molecule has 0 bridgehead atoms. The molecule has 1 aromatic heterocycles. The van der Waals surface area contributed by atoms with Crippen molar-refractivity contribution in [2.75, 3.05) is 5.73 Å². The Hall–Kier alpha value is -1.84. The molecular weight excluding hydrogens is 190 g/mol. The second-order valence-corrected chi connectivity index (χ2v) is 3.60. The topological polar surface area (TPSA) is 61.0 Å². The Morgan fingerprint density at radius 1 is 1.13 bits per heavy atom. The molecule has 1 heterocycles. The lowest BCUT2D eigenvalue weighted by Crippen LogP contribution is -2.08. The van der Waals surface area contributed by atoms with E-state index in [0.29, 0.717) is 11.7 Å². The van der Waals surface area contributed by atoms with E-state index in [2.05, 4.69) is 10.2 Å². The zero-order valence-electron chi connectivity index (χ0n) is 8.77. The Morgan fingerprint density at radius 3 is 2.47 bits per heavy atom. The van der Waals surface area contributed by atoms with Gasteiger partial charge in [-0.3, -0.25) is 0 Å². The Bertz CT molecular complexity index is 482. The highest BCUT2D eigenvalue weighted by molar-refractivity contribution is 5.93. The van der Waals surface area contributed by atoms with E-state index in [-0.39, 0.29) is 6.10 Å². The standard InChI is InChI=1S/C11H13N3O/c1-7(2)15-11-9-6-4-3-5-8(9)10(12)13-14-11/h3-7H,1-2H3,(H2,12,13). The minimum absolute atomic E-state index is 0.0753. The maximum Gasteiger partial charge on any atom is 0.241 e. The van der Waals surface area contributed by atoms with Crippen LogP contribution in [0.2, 0.25) is 0 Å². The van der Waals surface area contributed by atoms with Crippen LogP contribution < -0.4 is 10.5 Å². The Labute approximate surface area is 88.1 Å². The zero-order valence-corrected chi connectivity index (χ0v) is 8.77. The summed E-state index contributed by atoms with van der Waals surface area (Å²) in [4.78, 5) is 0. The second kappa shape index (κ2) is 3.73. The number of benzene rings is 1. The van der Waals surface area contributed by atoms with E-state index in [1.165, 1.54) is 0 Å². The average Bonchev–Trinajstić information content (AvgIpc) is 2.22. The van der Waals surface area contributed by atoms with Gasteiger partial charge in [-0.1, -0.05) is 18.2 Å². The molecule has 0 atom stereocenters. The molecule has 0 aliphatic rings. The van der Waals surface area contributed by atoms with E-state index in [4.69, 9.17) is 10.5 Å². The summed E-state index contributed by atoms with van der Waals surface area (Å²) in [5.41, 5.74) is 5.73. The Kier molecular flexibility index (Phi) is 2.41. The molecule has 0 aliphatic heterocycles. The van der Waals surface area contributed by atoms with Crippen LogP contribution in [0.3, 0.4) is 0 Å². The third-order valence-corrected chi connectivity index (χ3v) is 2.03. The van der Waals surface area contributed by atoms with E-state index in [1.807, 2.05) is 38.1 Å². The molecule has 15 heavy (non-hydrogen) atoms. The number of hydrogen-bond acceptors (Lipinski definition) is 4. The van der Waals surface area contributed by atoms with Crippen molar-refractivity contribution in [3.05, 3.63) is 24.3 Å². The highest BCUT2D eigenvalue weighted by Crippen LogP contribution is 2.26. The first kappa shape index (κ1) is 9.71. The minimum Gasteiger partial charge on any atom is -0.473 e. The van der Waals surface area contributed by atoms with Crippen LogP contribution in [-0.4, -0.2) is 16.3 Å². The number of fused-ring (bicyclic) bond motifs is 1. The molecule has 0 radical (unpaired) electrons. The molecule has 0 saturated heterocycles. The number of ether oxygens (including phenoxy) is 1. The summed E-state index contributed by atoms with van der Waals surface area (Å²) in [5.74, 6) is 0.969. The van der Waals surface area contributed by atoms with Crippen LogP contribution in [0, 0.1) is 0 Å². The molecular formula is C11H13N3O. The maximum atomic E-state index is 5.73. The third kappa shape index (κ3) is 1.83. The molecule has 0 aliphatic carbocycles. The van der Waals surface area contributed by atoms with Crippen molar-refractivity contribution in [3.8, 4) is 5.88 Å². The van der Waals surface area contributed by atoms with Gasteiger partial charge in [0.1, 0.15) is 0 Å². The summed E-state index contributed by atoms with van der Waals surface area (Å²) >= 11 is 0. The van der Waals surface area contributed by atoms with Crippen LogP contribution in [0.4, 0.5) is 5.82 Å². The van der Waals surface area contributed by atoms with Gasteiger partial charge in [-0.2, -0.15) is 0 Å². The van der Waals surface area contributed by atoms with Crippen LogP contribution in [0.25, 0.3) is 10.8 Å².